The largest absolute Gasteiger partial charge is 0.493 e. The third-order valence-corrected chi connectivity index (χ3v) is 5.10. The fraction of sp³-hybridized carbons (Fsp3) is 0.364. The molecule has 0 saturated carbocycles. The summed E-state index contributed by atoms with van der Waals surface area (Å²) in [5, 5.41) is 12.4. The highest BCUT2D eigenvalue weighted by Crippen LogP contribution is 2.39. The van der Waals surface area contributed by atoms with Crippen LogP contribution in [0.15, 0.2) is 30.3 Å². The zero-order chi connectivity index (χ0) is 21.1. The number of fused-ring (bicyclic) bond motifs is 1. The zero-order valence-corrected chi connectivity index (χ0v) is 17.1. The molecule has 0 aromatic heterocycles. The van der Waals surface area contributed by atoms with Crippen LogP contribution in [0.25, 0.3) is 0 Å². The van der Waals surface area contributed by atoms with Gasteiger partial charge in [0.2, 0.25) is 0 Å². The summed E-state index contributed by atoms with van der Waals surface area (Å²) in [6, 6.07) is 8.54. The van der Waals surface area contributed by atoms with E-state index in [2.05, 4.69) is 5.32 Å². The van der Waals surface area contributed by atoms with E-state index in [0.717, 1.165) is 22.3 Å². The second kappa shape index (κ2) is 8.43. The van der Waals surface area contributed by atoms with Crippen molar-refractivity contribution in [2.24, 2.45) is 0 Å². The van der Waals surface area contributed by atoms with Gasteiger partial charge in [0.15, 0.2) is 11.5 Å². The van der Waals surface area contributed by atoms with Gasteiger partial charge in [-0.05, 0) is 66.8 Å². The van der Waals surface area contributed by atoms with Gasteiger partial charge in [-0.1, -0.05) is 6.07 Å². The topological polar surface area (TPSA) is 88.1 Å². The van der Waals surface area contributed by atoms with Crippen molar-refractivity contribution in [2.45, 2.75) is 32.7 Å². The van der Waals surface area contributed by atoms with Gasteiger partial charge in [0.25, 0.3) is 0 Å². The molecule has 0 saturated heterocycles. The number of benzene rings is 2. The van der Waals surface area contributed by atoms with Crippen molar-refractivity contribution in [3.05, 3.63) is 52.6 Å². The Morgan fingerprint density at radius 3 is 2.28 bits per heavy atom. The lowest BCUT2D eigenvalue weighted by Crippen LogP contribution is -2.43. The number of carboxylic acid groups (broad SMARTS) is 1. The third-order valence-electron chi connectivity index (χ3n) is 5.10. The second-order valence-electron chi connectivity index (χ2n) is 7.27. The van der Waals surface area contributed by atoms with Gasteiger partial charge in [-0.25, -0.2) is 4.79 Å². The maximum absolute atomic E-state index is 13.0. The first-order valence-electron chi connectivity index (χ1n) is 9.45. The molecule has 1 aliphatic heterocycles. The van der Waals surface area contributed by atoms with Gasteiger partial charge in [0.05, 0.1) is 26.7 Å². The molecular formula is C22H26N2O5. The van der Waals surface area contributed by atoms with Gasteiger partial charge < -0.3 is 24.8 Å². The van der Waals surface area contributed by atoms with Crippen LogP contribution in [0.1, 0.15) is 34.7 Å². The fourth-order valence-corrected chi connectivity index (χ4v) is 3.90. The van der Waals surface area contributed by atoms with Gasteiger partial charge in [-0.2, -0.15) is 0 Å². The molecule has 0 spiro atoms. The highest BCUT2D eigenvalue weighted by molar-refractivity contribution is 5.90. The lowest BCUT2D eigenvalue weighted by Gasteiger charge is -2.37. The molecule has 7 heteroatoms. The number of rotatable bonds is 5. The Hall–Kier alpha value is -3.22. The molecular weight excluding hydrogens is 372 g/mol. The molecule has 154 valence electrons. The van der Waals surface area contributed by atoms with E-state index in [1.165, 1.54) is 7.11 Å². The fourth-order valence-electron chi connectivity index (χ4n) is 3.90. The number of carbonyl (C=O) groups is 2. The van der Waals surface area contributed by atoms with Gasteiger partial charge in [-0.3, -0.25) is 4.79 Å². The summed E-state index contributed by atoms with van der Waals surface area (Å²) in [5.74, 6) is 0.133. The van der Waals surface area contributed by atoms with E-state index in [1.807, 2.05) is 38.1 Å². The van der Waals surface area contributed by atoms with Crippen molar-refractivity contribution in [2.75, 3.05) is 26.1 Å². The van der Waals surface area contributed by atoms with Crippen LogP contribution in [0.2, 0.25) is 0 Å². The van der Waals surface area contributed by atoms with E-state index >= 15 is 0 Å². The van der Waals surface area contributed by atoms with E-state index < -0.39 is 12.0 Å². The lowest BCUT2D eigenvalue weighted by molar-refractivity contribution is -0.138. The molecule has 2 aromatic rings. The standard InChI is InChI=1S/C22H26N2O5/c1-13-7-14(2)9-16(8-13)23-22(27)24-6-5-15-10-19(28-3)20(29-4)11-17(15)18(24)12-21(25)26/h7-11,18H,5-6,12H2,1-4H3,(H,23,27)(H,25,26)/t18-/m0/s1. The van der Waals surface area contributed by atoms with Crippen LogP contribution in [-0.4, -0.2) is 42.8 Å². The molecule has 7 nitrogen and oxygen atoms in total. The number of methoxy groups -OCH3 is 2. The molecule has 29 heavy (non-hydrogen) atoms. The minimum absolute atomic E-state index is 0.192. The minimum atomic E-state index is -0.971. The highest BCUT2D eigenvalue weighted by atomic mass is 16.5. The number of aliphatic carboxylic acids is 1. The first-order chi connectivity index (χ1) is 13.8. The maximum Gasteiger partial charge on any atom is 0.322 e. The normalized spacial score (nSPS) is 15.4. The van der Waals surface area contributed by atoms with Crippen LogP contribution in [0.4, 0.5) is 10.5 Å². The molecule has 0 fully saturated rings. The number of ether oxygens (including phenoxy) is 2. The van der Waals surface area contributed by atoms with Crippen molar-refractivity contribution < 1.29 is 24.2 Å². The molecule has 1 atom stereocenters. The predicted octanol–water partition coefficient (Wildman–Crippen LogP) is 3.93. The van der Waals surface area contributed by atoms with Crippen molar-refractivity contribution in [3.63, 3.8) is 0 Å². The number of hydrogen-bond acceptors (Lipinski definition) is 4. The van der Waals surface area contributed by atoms with E-state index in [9.17, 15) is 14.7 Å². The molecule has 1 heterocycles. The number of urea groups is 1. The molecule has 2 amide bonds. The Kier molecular flexibility index (Phi) is 5.96. The summed E-state index contributed by atoms with van der Waals surface area (Å²) in [6.07, 6.45) is 0.412. The summed E-state index contributed by atoms with van der Waals surface area (Å²) in [4.78, 5) is 26.2. The molecule has 0 aliphatic carbocycles. The molecule has 0 bridgehead atoms. The Morgan fingerprint density at radius 2 is 1.69 bits per heavy atom. The number of amides is 2. The van der Waals surface area contributed by atoms with Crippen LogP contribution in [0.5, 0.6) is 11.5 Å². The number of carboxylic acids is 1. The lowest BCUT2D eigenvalue weighted by atomic mass is 9.90. The van der Waals surface area contributed by atoms with Gasteiger partial charge in [-0.15, -0.1) is 0 Å². The summed E-state index contributed by atoms with van der Waals surface area (Å²) in [6.45, 7) is 4.34. The number of carbonyl (C=O) groups excluding carboxylic acids is 1. The Balaban J connectivity index is 1.94. The van der Waals surface area contributed by atoms with Crippen LogP contribution in [-0.2, 0) is 11.2 Å². The van der Waals surface area contributed by atoms with Crippen LogP contribution >= 0.6 is 0 Å². The molecule has 2 N–H and O–H groups in total. The van der Waals surface area contributed by atoms with Crippen LogP contribution in [0.3, 0.4) is 0 Å². The third kappa shape index (κ3) is 4.45. The molecule has 3 rings (SSSR count). The van der Waals surface area contributed by atoms with E-state index in [0.29, 0.717) is 30.2 Å². The van der Waals surface area contributed by atoms with Gasteiger partial charge >= 0.3 is 12.0 Å². The zero-order valence-electron chi connectivity index (χ0n) is 17.1. The van der Waals surface area contributed by atoms with Crippen molar-refractivity contribution in [1.29, 1.82) is 0 Å². The average molecular weight is 398 g/mol. The van der Waals surface area contributed by atoms with Gasteiger partial charge in [0.1, 0.15) is 0 Å². The first kappa shape index (κ1) is 20.5. The quantitative estimate of drug-likeness (QED) is 0.797. The number of hydrogen-bond donors (Lipinski definition) is 2. The second-order valence-corrected chi connectivity index (χ2v) is 7.27. The maximum atomic E-state index is 13.0. The Labute approximate surface area is 170 Å². The van der Waals surface area contributed by atoms with Crippen molar-refractivity contribution in [1.82, 2.24) is 4.90 Å². The molecule has 0 radical (unpaired) electrons. The van der Waals surface area contributed by atoms with Crippen LogP contribution < -0.4 is 14.8 Å². The molecule has 0 unspecified atom stereocenters. The summed E-state index contributed by atoms with van der Waals surface area (Å²) in [7, 11) is 3.09. The average Bonchev–Trinajstić information content (AvgIpc) is 2.65. The van der Waals surface area contributed by atoms with Crippen molar-refractivity contribution >= 4 is 17.7 Å². The van der Waals surface area contributed by atoms with E-state index in [1.54, 1.807) is 18.1 Å². The number of nitrogens with one attached hydrogen (secondary N) is 1. The monoisotopic (exact) mass is 398 g/mol. The number of aryl methyl sites for hydroxylation is 2. The molecule has 1 aliphatic rings. The minimum Gasteiger partial charge on any atom is -0.493 e. The van der Waals surface area contributed by atoms with Crippen molar-refractivity contribution in [3.8, 4) is 11.5 Å². The smallest absolute Gasteiger partial charge is 0.322 e. The Bertz CT molecular complexity index is 921. The summed E-state index contributed by atoms with van der Waals surface area (Å²) >= 11 is 0. The molecule has 2 aromatic carbocycles. The van der Waals surface area contributed by atoms with E-state index in [-0.39, 0.29) is 12.5 Å². The Morgan fingerprint density at radius 1 is 1.07 bits per heavy atom. The van der Waals surface area contributed by atoms with Crippen LogP contribution in [0, 0.1) is 13.8 Å². The summed E-state index contributed by atoms with van der Waals surface area (Å²) < 4.78 is 10.7. The first-order valence-corrected chi connectivity index (χ1v) is 9.45. The van der Waals surface area contributed by atoms with E-state index in [4.69, 9.17) is 9.47 Å². The van der Waals surface area contributed by atoms with Gasteiger partial charge in [0, 0.05) is 12.2 Å². The predicted molar refractivity (Wildman–Crippen MR) is 110 cm³/mol. The SMILES string of the molecule is COc1cc2c(cc1OC)[C@H](CC(=O)O)N(C(=O)Nc1cc(C)cc(C)c1)CC2. The summed E-state index contributed by atoms with van der Waals surface area (Å²) in [5.41, 5.74) is 4.52. The highest BCUT2D eigenvalue weighted by Gasteiger charge is 2.33. The number of anilines is 1. The number of nitrogens with zero attached hydrogens (tertiary/aromatic N) is 1.